The summed E-state index contributed by atoms with van der Waals surface area (Å²) in [5, 5.41) is 0. The summed E-state index contributed by atoms with van der Waals surface area (Å²) in [4.78, 5) is 14.3. The summed E-state index contributed by atoms with van der Waals surface area (Å²) in [6.45, 7) is 1.59. The molecule has 2 heterocycles. The van der Waals surface area contributed by atoms with E-state index in [9.17, 15) is 4.79 Å². The van der Waals surface area contributed by atoms with Gasteiger partial charge in [-0.15, -0.1) is 0 Å². The molecular formula is C15H20N2O2. The highest BCUT2D eigenvalue weighted by molar-refractivity contribution is 5.95. The fourth-order valence-electron chi connectivity index (χ4n) is 2.96. The van der Waals surface area contributed by atoms with Gasteiger partial charge in [0.1, 0.15) is 0 Å². The first-order valence-corrected chi connectivity index (χ1v) is 7.04. The zero-order valence-electron chi connectivity index (χ0n) is 11.1. The standard InChI is InChI=1S/C15H20N2O2/c16-12-6-5-11-3-1-7-17(14(11)9-12)15(18)10-13-4-2-8-19-13/h5-6,9,13H,1-4,7-8,10,16H2. The van der Waals surface area contributed by atoms with Crippen molar-refractivity contribution in [2.45, 2.75) is 38.2 Å². The Labute approximate surface area is 113 Å². The van der Waals surface area contributed by atoms with E-state index in [2.05, 4.69) is 0 Å². The van der Waals surface area contributed by atoms with Crippen LogP contribution in [0.2, 0.25) is 0 Å². The summed E-state index contributed by atoms with van der Waals surface area (Å²) in [6.07, 6.45) is 4.73. The van der Waals surface area contributed by atoms with Gasteiger partial charge in [-0.05, 0) is 43.4 Å². The molecule has 19 heavy (non-hydrogen) atoms. The van der Waals surface area contributed by atoms with E-state index < -0.39 is 0 Å². The first-order chi connectivity index (χ1) is 9.24. The third-order valence-corrected chi connectivity index (χ3v) is 3.96. The van der Waals surface area contributed by atoms with Gasteiger partial charge in [-0.25, -0.2) is 0 Å². The van der Waals surface area contributed by atoms with Crippen LogP contribution in [0.4, 0.5) is 11.4 Å². The first kappa shape index (κ1) is 12.5. The first-order valence-electron chi connectivity index (χ1n) is 7.04. The molecule has 1 unspecified atom stereocenters. The molecule has 1 saturated heterocycles. The minimum Gasteiger partial charge on any atom is -0.399 e. The molecule has 1 atom stereocenters. The van der Waals surface area contributed by atoms with Crippen LogP contribution in [0, 0.1) is 0 Å². The molecule has 4 nitrogen and oxygen atoms in total. The van der Waals surface area contributed by atoms with Crippen LogP contribution >= 0.6 is 0 Å². The van der Waals surface area contributed by atoms with Crippen molar-refractivity contribution in [3.63, 3.8) is 0 Å². The van der Waals surface area contributed by atoms with Crippen LogP contribution in [0.3, 0.4) is 0 Å². The molecule has 1 amide bonds. The molecule has 0 saturated carbocycles. The molecule has 0 bridgehead atoms. The molecule has 2 N–H and O–H groups in total. The number of anilines is 2. The van der Waals surface area contributed by atoms with Gasteiger partial charge >= 0.3 is 0 Å². The van der Waals surface area contributed by atoms with Crippen molar-refractivity contribution in [2.75, 3.05) is 23.8 Å². The number of fused-ring (bicyclic) bond motifs is 1. The molecular weight excluding hydrogens is 240 g/mol. The third kappa shape index (κ3) is 2.59. The van der Waals surface area contributed by atoms with Crippen molar-refractivity contribution < 1.29 is 9.53 Å². The van der Waals surface area contributed by atoms with Gasteiger partial charge in [0.15, 0.2) is 0 Å². The molecule has 0 aliphatic carbocycles. The van der Waals surface area contributed by atoms with E-state index in [0.29, 0.717) is 6.42 Å². The van der Waals surface area contributed by atoms with Crippen molar-refractivity contribution >= 4 is 17.3 Å². The molecule has 0 aromatic heterocycles. The number of hydrogen-bond donors (Lipinski definition) is 1. The van der Waals surface area contributed by atoms with Crippen molar-refractivity contribution in [2.24, 2.45) is 0 Å². The Morgan fingerprint density at radius 2 is 2.32 bits per heavy atom. The van der Waals surface area contributed by atoms with E-state index in [0.717, 1.165) is 50.2 Å². The second kappa shape index (κ2) is 5.21. The lowest BCUT2D eigenvalue weighted by Gasteiger charge is -2.30. The van der Waals surface area contributed by atoms with Gasteiger partial charge in [-0.2, -0.15) is 0 Å². The molecule has 2 aliphatic rings. The Bertz CT molecular complexity index is 481. The SMILES string of the molecule is Nc1ccc2c(c1)N(C(=O)CC1CCCO1)CCC2. The van der Waals surface area contributed by atoms with E-state index in [-0.39, 0.29) is 12.0 Å². The van der Waals surface area contributed by atoms with Gasteiger partial charge in [0.2, 0.25) is 5.91 Å². The highest BCUT2D eigenvalue weighted by Gasteiger charge is 2.26. The second-order valence-electron chi connectivity index (χ2n) is 5.38. The summed E-state index contributed by atoms with van der Waals surface area (Å²) in [7, 11) is 0. The highest BCUT2D eigenvalue weighted by atomic mass is 16.5. The molecule has 0 radical (unpaired) electrons. The predicted molar refractivity (Wildman–Crippen MR) is 75.1 cm³/mol. The van der Waals surface area contributed by atoms with Gasteiger partial charge in [-0.3, -0.25) is 4.79 Å². The minimum atomic E-state index is 0.110. The lowest BCUT2D eigenvalue weighted by atomic mass is 10.0. The van der Waals surface area contributed by atoms with Crippen LogP contribution in [-0.2, 0) is 16.0 Å². The average molecular weight is 260 g/mol. The molecule has 2 aliphatic heterocycles. The molecule has 1 aromatic rings. The van der Waals surface area contributed by atoms with E-state index in [1.54, 1.807) is 0 Å². The lowest BCUT2D eigenvalue weighted by molar-refractivity contribution is -0.120. The maximum Gasteiger partial charge on any atom is 0.229 e. The normalized spacial score (nSPS) is 22.3. The minimum absolute atomic E-state index is 0.110. The number of nitrogens with two attached hydrogens (primary N) is 1. The number of hydrogen-bond acceptors (Lipinski definition) is 3. The van der Waals surface area contributed by atoms with E-state index >= 15 is 0 Å². The van der Waals surface area contributed by atoms with Crippen LogP contribution < -0.4 is 10.6 Å². The fraction of sp³-hybridized carbons (Fsp3) is 0.533. The van der Waals surface area contributed by atoms with Crippen LogP contribution in [0.15, 0.2) is 18.2 Å². The Balaban J connectivity index is 1.78. The number of ether oxygens (including phenoxy) is 1. The van der Waals surface area contributed by atoms with E-state index in [4.69, 9.17) is 10.5 Å². The number of nitrogen functional groups attached to an aromatic ring is 1. The summed E-state index contributed by atoms with van der Waals surface area (Å²) >= 11 is 0. The maximum absolute atomic E-state index is 12.4. The van der Waals surface area contributed by atoms with Crippen LogP contribution in [0.1, 0.15) is 31.2 Å². The molecule has 1 aromatic carbocycles. The summed E-state index contributed by atoms with van der Waals surface area (Å²) in [5.41, 5.74) is 8.78. The van der Waals surface area contributed by atoms with Crippen molar-refractivity contribution in [1.82, 2.24) is 0 Å². The van der Waals surface area contributed by atoms with Gasteiger partial charge in [0.05, 0.1) is 12.5 Å². The Morgan fingerprint density at radius 1 is 1.42 bits per heavy atom. The quantitative estimate of drug-likeness (QED) is 0.829. The molecule has 4 heteroatoms. The zero-order chi connectivity index (χ0) is 13.2. The van der Waals surface area contributed by atoms with Crippen molar-refractivity contribution in [3.05, 3.63) is 23.8 Å². The Morgan fingerprint density at radius 3 is 3.11 bits per heavy atom. The smallest absolute Gasteiger partial charge is 0.229 e. The third-order valence-electron chi connectivity index (χ3n) is 3.96. The van der Waals surface area contributed by atoms with Gasteiger partial charge in [0, 0.05) is 24.5 Å². The average Bonchev–Trinajstić information content (AvgIpc) is 2.90. The number of nitrogens with zero attached hydrogens (tertiary/aromatic N) is 1. The van der Waals surface area contributed by atoms with E-state index in [1.807, 2.05) is 23.1 Å². The van der Waals surface area contributed by atoms with E-state index in [1.165, 1.54) is 5.56 Å². The van der Waals surface area contributed by atoms with Gasteiger partial charge in [0.25, 0.3) is 0 Å². The summed E-state index contributed by atoms with van der Waals surface area (Å²) in [6, 6.07) is 5.87. The number of amides is 1. The van der Waals surface area contributed by atoms with Crippen molar-refractivity contribution in [1.29, 1.82) is 0 Å². The number of aryl methyl sites for hydroxylation is 1. The maximum atomic E-state index is 12.4. The number of rotatable bonds is 2. The molecule has 1 fully saturated rings. The predicted octanol–water partition coefficient (Wildman–Crippen LogP) is 2.12. The summed E-state index contributed by atoms with van der Waals surface area (Å²) in [5.74, 6) is 0.165. The van der Waals surface area contributed by atoms with Crippen LogP contribution in [0.5, 0.6) is 0 Å². The topological polar surface area (TPSA) is 55.6 Å². The monoisotopic (exact) mass is 260 g/mol. The molecule has 102 valence electrons. The Hall–Kier alpha value is -1.55. The number of carbonyl (C=O) groups is 1. The Kier molecular flexibility index (Phi) is 3.42. The molecule has 0 spiro atoms. The van der Waals surface area contributed by atoms with Crippen LogP contribution in [-0.4, -0.2) is 25.2 Å². The lowest BCUT2D eigenvalue weighted by Crippen LogP contribution is -2.37. The number of benzene rings is 1. The van der Waals surface area contributed by atoms with Gasteiger partial charge < -0.3 is 15.4 Å². The number of carbonyl (C=O) groups excluding carboxylic acids is 1. The summed E-state index contributed by atoms with van der Waals surface area (Å²) < 4.78 is 5.55. The zero-order valence-corrected chi connectivity index (χ0v) is 11.1. The second-order valence-corrected chi connectivity index (χ2v) is 5.38. The fourth-order valence-corrected chi connectivity index (χ4v) is 2.96. The van der Waals surface area contributed by atoms with Crippen molar-refractivity contribution in [3.8, 4) is 0 Å². The highest BCUT2D eigenvalue weighted by Crippen LogP contribution is 2.30. The molecule has 3 rings (SSSR count). The van der Waals surface area contributed by atoms with Gasteiger partial charge in [-0.1, -0.05) is 6.07 Å². The largest absolute Gasteiger partial charge is 0.399 e. The van der Waals surface area contributed by atoms with Crippen LogP contribution in [0.25, 0.3) is 0 Å².